The van der Waals surface area contributed by atoms with Crippen LogP contribution in [0.15, 0.2) is 42.5 Å². The van der Waals surface area contributed by atoms with Crippen LogP contribution in [0.25, 0.3) is 0 Å². The quantitative estimate of drug-likeness (QED) is 0.468. The number of likely N-dealkylation sites (tertiary alicyclic amines) is 1. The molecular weight excluding hydrogens is 476 g/mol. The number of fused-ring (bicyclic) bond motifs is 1. The predicted octanol–water partition coefficient (Wildman–Crippen LogP) is 2.86. The molecule has 1 saturated heterocycles. The van der Waals surface area contributed by atoms with Crippen molar-refractivity contribution >= 4 is 23.8 Å². The summed E-state index contributed by atoms with van der Waals surface area (Å²) in [5, 5.41) is 14.4. The monoisotopic (exact) mass is 512 g/mol. The van der Waals surface area contributed by atoms with Crippen molar-refractivity contribution in [1.29, 1.82) is 0 Å². The Morgan fingerprint density at radius 3 is 2.59 bits per heavy atom. The topological polar surface area (TPSA) is 130 Å². The van der Waals surface area contributed by atoms with Gasteiger partial charge in [-0.25, -0.2) is 9.78 Å². The Kier molecular flexibility index (Phi) is 10.7. The minimum Gasteiger partial charge on any atom is -0.481 e. The maximum atomic E-state index is 11.9. The molecule has 2 aliphatic heterocycles. The minimum atomic E-state index is -0.938. The van der Waals surface area contributed by atoms with Crippen LogP contribution in [0.2, 0.25) is 0 Å². The van der Waals surface area contributed by atoms with E-state index >= 15 is 0 Å². The number of aryl methyl sites for hydroxylation is 1. The highest BCUT2D eigenvalue weighted by atomic mass is 16.5. The van der Waals surface area contributed by atoms with Gasteiger partial charge in [-0.1, -0.05) is 36.4 Å². The molecule has 10 heteroatoms. The van der Waals surface area contributed by atoms with Crippen molar-refractivity contribution in [2.24, 2.45) is 5.92 Å². The molecule has 0 saturated carbocycles. The van der Waals surface area contributed by atoms with Crippen molar-refractivity contribution in [2.45, 2.75) is 44.8 Å². The SMILES string of the molecule is CNC(=O)OCc1ccccc1.COC(Cc1ccc2c(n1)NCCC2)C1CN(C(=O)CCC(=O)O)C1. The third kappa shape index (κ3) is 8.75. The summed E-state index contributed by atoms with van der Waals surface area (Å²) in [6.45, 7) is 2.54. The van der Waals surface area contributed by atoms with Crippen LogP contribution >= 0.6 is 0 Å². The van der Waals surface area contributed by atoms with Gasteiger partial charge in [0.05, 0.1) is 12.5 Å². The van der Waals surface area contributed by atoms with Crippen LogP contribution in [0.1, 0.15) is 36.1 Å². The second kappa shape index (κ2) is 14.2. The van der Waals surface area contributed by atoms with E-state index in [0.717, 1.165) is 36.5 Å². The lowest BCUT2D eigenvalue weighted by Gasteiger charge is -2.43. The van der Waals surface area contributed by atoms with Crippen LogP contribution in [-0.4, -0.2) is 72.9 Å². The molecule has 1 atom stereocenters. The lowest BCUT2D eigenvalue weighted by molar-refractivity contribution is -0.145. The third-order valence-electron chi connectivity index (χ3n) is 6.42. The number of pyridine rings is 1. The lowest BCUT2D eigenvalue weighted by atomic mass is 9.90. The van der Waals surface area contributed by atoms with Crippen molar-refractivity contribution in [3.05, 3.63) is 59.3 Å². The fourth-order valence-corrected chi connectivity index (χ4v) is 4.25. The highest BCUT2D eigenvalue weighted by Crippen LogP contribution is 2.26. The normalized spacial score (nSPS) is 15.1. The van der Waals surface area contributed by atoms with Gasteiger partial charge in [0.15, 0.2) is 0 Å². The first kappa shape index (κ1) is 27.9. The number of hydrogen-bond acceptors (Lipinski definition) is 7. The van der Waals surface area contributed by atoms with E-state index < -0.39 is 12.1 Å². The molecule has 0 bridgehead atoms. The number of ether oxygens (including phenoxy) is 2. The zero-order chi connectivity index (χ0) is 26.6. The van der Waals surface area contributed by atoms with Gasteiger partial charge in [0.25, 0.3) is 0 Å². The largest absolute Gasteiger partial charge is 0.481 e. The molecular formula is C27H36N4O6. The van der Waals surface area contributed by atoms with Crippen LogP contribution in [0.5, 0.6) is 0 Å². The first-order valence-corrected chi connectivity index (χ1v) is 12.5. The number of anilines is 1. The van der Waals surface area contributed by atoms with Gasteiger partial charge < -0.3 is 30.1 Å². The van der Waals surface area contributed by atoms with Crippen molar-refractivity contribution in [3.63, 3.8) is 0 Å². The lowest BCUT2D eigenvalue weighted by Crippen LogP contribution is -2.55. The van der Waals surface area contributed by atoms with Crippen LogP contribution in [0.3, 0.4) is 0 Å². The molecule has 3 heterocycles. The number of alkyl carbamates (subject to hydrolysis) is 1. The number of methoxy groups -OCH3 is 1. The number of nitrogens with zero attached hydrogens (tertiary/aromatic N) is 2. The van der Waals surface area contributed by atoms with Gasteiger partial charge in [0.2, 0.25) is 5.91 Å². The van der Waals surface area contributed by atoms with Gasteiger partial charge in [0, 0.05) is 58.2 Å². The van der Waals surface area contributed by atoms with E-state index in [-0.39, 0.29) is 30.8 Å². The van der Waals surface area contributed by atoms with Crippen LogP contribution in [-0.2, 0) is 38.5 Å². The van der Waals surface area contributed by atoms with Crippen molar-refractivity contribution in [1.82, 2.24) is 15.2 Å². The molecule has 37 heavy (non-hydrogen) atoms. The molecule has 2 amide bonds. The number of amides is 2. The Morgan fingerprint density at radius 1 is 1.16 bits per heavy atom. The van der Waals surface area contributed by atoms with Gasteiger partial charge in [-0.15, -0.1) is 0 Å². The fourth-order valence-electron chi connectivity index (χ4n) is 4.25. The molecule has 0 radical (unpaired) electrons. The summed E-state index contributed by atoms with van der Waals surface area (Å²) in [7, 11) is 3.23. The maximum Gasteiger partial charge on any atom is 0.407 e. The van der Waals surface area contributed by atoms with E-state index in [1.165, 1.54) is 12.6 Å². The summed E-state index contributed by atoms with van der Waals surface area (Å²) < 4.78 is 10.5. The average Bonchev–Trinajstić information content (AvgIpc) is 2.90. The van der Waals surface area contributed by atoms with E-state index in [0.29, 0.717) is 26.1 Å². The number of carbonyl (C=O) groups is 3. The molecule has 1 aromatic heterocycles. The van der Waals surface area contributed by atoms with Crippen molar-refractivity contribution < 1.29 is 29.0 Å². The number of carbonyl (C=O) groups excluding carboxylic acids is 2. The second-order valence-corrected chi connectivity index (χ2v) is 9.08. The summed E-state index contributed by atoms with van der Waals surface area (Å²) >= 11 is 0. The van der Waals surface area contributed by atoms with Crippen LogP contribution in [0, 0.1) is 5.92 Å². The van der Waals surface area contributed by atoms with E-state index in [4.69, 9.17) is 19.6 Å². The number of benzene rings is 1. The molecule has 4 rings (SSSR count). The first-order valence-electron chi connectivity index (χ1n) is 12.5. The van der Waals surface area contributed by atoms with Crippen LogP contribution < -0.4 is 10.6 Å². The second-order valence-electron chi connectivity index (χ2n) is 9.08. The van der Waals surface area contributed by atoms with Gasteiger partial charge in [-0.05, 0) is 30.0 Å². The smallest absolute Gasteiger partial charge is 0.407 e. The molecule has 0 aliphatic carbocycles. The van der Waals surface area contributed by atoms with Gasteiger partial charge in [-0.3, -0.25) is 9.59 Å². The highest BCUT2D eigenvalue weighted by Gasteiger charge is 2.36. The number of carboxylic acid groups (broad SMARTS) is 1. The Morgan fingerprint density at radius 2 is 1.92 bits per heavy atom. The number of rotatable bonds is 9. The molecule has 3 N–H and O–H groups in total. The number of hydrogen-bond donors (Lipinski definition) is 3. The molecule has 1 fully saturated rings. The fraction of sp³-hybridized carbons (Fsp3) is 0.481. The predicted molar refractivity (Wildman–Crippen MR) is 138 cm³/mol. The maximum absolute atomic E-state index is 11.9. The molecule has 1 aromatic carbocycles. The van der Waals surface area contributed by atoms with Gasteiger partial charge >= 0.3 is 12.1 Å². The molecule has 1 unspecified atom stereocenters. The summed E-state index contributed by atoms with van der Waals surface area (Å²) in [5.41, 5.74) is 3.25. The minimum absolute atomic E-state index is 0.0117. The van der Waals surface area contributed by atoms with Crippen LogP contribution in [0.4, 0.5) is 10.6 Å². The zero-order valence-electron chi connectivity index (χ0n) is 21.4. The summed E-state index contributed by atoms with van der Waals surface area (Å²) in [5.74, 6) is 0.221. The standard InChI is InChI=1S/C18H25N3O4.C9H11NO2/c1-25-15(13-10-21(11-13)16(22)6-7-17(23)24)9-14-5-4-12-3-2-8-19-18(12)20-14;1-10-9(11)12-7-8-5-3-2-4-6-8/h4-5,13,15H,2-3,6-11H2,1H3,(H,19,20)(H,23,24);2-6H,7H2,1H3,(H,10,11). The molecule has 10 nitrogen and oxygen atoms in total. The highest BCUT2D eigenvalue weighted by molar-refractivity contribution is 5.81. The summed E-state index contributed by atoms with van der Waals surface area (Å²) in [4.78, 5) is 39.5. The average molecular weight is 513 g/mol. The van der Waals surface area contributed by atoms with E-state index in [1.54, 1.807) is 12.0 Å². The Labute approximate surface area is 217 Å². The molecule has 0 spiro atoms. The van der Waals surface area contributed by atoms with Gasteiger partial charge in [0.1, 0.15) is 12.4 Å². The number of carboxylic acids is 1. The van der Waals surface area contributed by atoms with Gasteiger partial charge in [-0.2, -0.15) is 0 Å². The van der Waals surface area contributed by atoms with E-state index in [2.05, 4.69) is 22.8 Å². The van der Waals surface area contributed by atoms with E-state index in [9.17, 15) is 14.4 Å². The Balaban J connectivity index is 0.000000266. The zero-order valence-corrected chi connectivity index (χ0v) is 21.4. The van der Waals surface area contributed by atoms with E-state index in [1.807, 2.05) is 30.3 Å². The number of aromatic nitrogens is 1. The Hall–Kier alpha value is -3.66. The van der Waals surface area contributed by atoms with Crippen molar-refractivity contribution in [3.8, 4) is 0 Å². The molecule has 200 valence electrons. The summed E-state index contributed by atoms with van der Waals surface area (Å²) in [6.07, 6.45) is 2.49. The summed E-state index contributed by atoms with van der Waals surface area (Å²) in [6, 6.07) is 13.7. The number of aliphatic carboxylic acids is 1. The molecule has 2 aromatic rings. The Bertz CT molecular complexity index is 1040. The third-order valence-corrected chi connectivity index (χ3v) is 6.42. The molecule has 2 aliphatic rings. The van der Waals surface area contributed by atoms with Crippen molar-refractivity contribution in [2.75, 3.05) is 39.1 Å². The number of nitrogens with one attached hydrogen (secondary N) is 2. The first-order chi connectivity index (χ1) is 17.9.